The lowest BCUT2D eigenvalue weighted by Crippen LogP contribution is -2.29. The third kappa shape index (κ3) is 2.57. The van der Waals surface area contributed by atoms with Crippen LogP contribution in [0.3, 0.4) is 0 Å². The molecule has 0 saturated heterocycles. The SMILES string of the molecule is COC(=O)CC1C(=O)N(CCC#N)N=C1C. The topological polar surface area (TPSA) is 82.8 Å². The van der Waals surface area contributed by atoms with Gasteiger partial charge in [0.15, 0.2) is 0 Å². The number of nitriles is 1. The van der Waals surface area contributed by atoms with E-state index in [9.17, 15) is 9.59 Å². The molecule has 0 radical (unpaired) electrons. The minimum absolute atomic E-state index is 0.00766. The summed E-state index contributed by atoms with van der Waals surface area (Å²) in [6.45, 7) is 1.96. The highest BCUT2D eigenvalue weighted by atomic mass is 16.5. The quantitative estimate of drug-likeness (QED) is 0.641. The average Bonchev–Trinajstić information content (AvgIpc) is 2.53. The van der Waals surface area contributed by atoms with Gasteiger partial charge in [-0.3, -0.25) is 9.59 Å². The molecule has 1 amide bonds. The number of rotatable bonds is 4. The highest BCUT2D eigenvalue weighted by Crippen LogP contribution is 2.19. The van der Waals surface area contributed by atoms with Crippen LogP contribution in [0.2, 0.25) is 0 Å². The summed E-state index contributed by atoms with van der Waals surface area (Å²) in [6.07, 6.45) is 0.237. The first-order valence-electron chi connectivity index (χ1n) is 4.90. The van der Waals surface area contributed by atoms with E-state index in [0.29, 0.717) is 5.71 Å². The van der Waals surface area contributed by atoms with E-state index in [0.717, 1.165) is 0 Å². The highest BCUT2D eigenvalue weighted by Gasteiger charge is 2.34. The van der Waals surface area contributed by atoms with Gasteiger partial charge in [0.05, 0.1) is 38.5 Å². The van der Waals surface area contributed by atoms with Crippen molar-refractivity contribution in [3.8, 4) is 6.07 Å². The fourth-order valence-electron chi connectivity index (χ4n) is 1.47. The van der Waals surface area contributed by atoms with E-state index >= 15 is 0 Å². The molecular weight excluding hydrogens is 210 g/mol. The van der Waals surface area contributed by atoms with Crippen LogP contribution in [0.1, 0.15) is 19.8 Å². The molecule has 1 aliphatic heterocycles. The Labute approximate surface area is 93.5 Å². The normalized spacial score (nSPS) is 19.3. The lowest BCUT2D eigenvalue weighted by molar-refractivity contribution is -0.144. The number of esters is 1. The zero-order chi connectivity index (χ0) is 12.1. The van der Waals surface area contributed by atoms with Gasteiger partial charge in [0.1, 0.15) is 0 Å². The fraction of sp³-hybridized carbons (Fsp3) is 0.600. The molecule has 6 nitrogen and oxygen atoms in total. The summed E-state index contributed by atoms with van der Waals surface area (Å²) in [5, 5.41) is 13.7. The van der Waals surface area contributed by atoms with Crippen LogP contribution >= 0.6 is 0 Å². The molecule has 1 heterocycles. The molecule has 0 aromatic carbocycles. The van der Waals surface area contributed by atoms with Gasteiger partial charge < -0.3 is 4.74 Å². The van der Waals surface area contributed by atoms with E-state index in [1.807, 2.05) is 6.07 Å². The summed E-state index contributed by atoms with van der Waals surface area (Å²) in [5.41, 5.74) is 0.591. The number of amides is 1. The second kappa shape index (κ2) is 5.26. The van der Waals surface area contributed by atoms with E-state index in [1.165, 1.54) is 12.1 Å². The summed E-state index contributed by atoms with van der Waals surface area (Å²) < 4.78 is 4.51. The van der Waals surface area contributed by atoms with E-state index < -0.39 is 11.9 Å². The second-order valence-electron chi connectivity index (χ2n) is 3.44. The zero-order valence-electron chi connectivity index (χ0n) is 9.27. The highest BCUT2D eigenvalue weighted by molar-refractivity contribution is 6.08. The van der Waals surface area contributed by atoms with Gasteiger partial charge in [-0.05, 0) is 6.92 Å². The van der Waals surface area contributed by atoms with Gasteiger partial charge in [-0.15, -0.1) is 0 Å². The van der Waals surface area contributed by atoms with Crippen LogP contribution in [-0.2, 0) is 14.3 Å². The van der Waals surface area contributed by atoms with E-state index in [1.54, 1.807) is 6.92 Å². The Balaban J connectivity index is 2.63. The standard InChI is InChI=1S/C10H13N3O3/c1-7-8(6-9(14)16-2)10(15)13(12-7)5-3-4-11/h8H,3,5-6H2,1-2H3. The van der Waals surface area contributed by atoms with Gasteiger partial charge in [0, 0.05) is 5.71 Å². The van der Waals surface area contributed by atoms with E-state index in [2.05, 4.69) is 9.84 Å². The molecule has 0 saturated carbocycles. The molecule has 0 spiro atoms. The van der Waals surface area contributed by atoms with Crippen molar-refractivity contribution in [1.82, 2.24) is 5.01 Å². The largest absolute Gasteiger partial charge is 0.469 e. The Morgan fingerprint density at radius 2 is 2.38 bits per heavy atom. The Hall–Kier alpha value is -1.90. The lowest BCUT2D eigenvalue weighted by Gasteiger charge is -2.11. The van der Waals surface area contributed by atoms with Crippen LogP contribution < -0.4 is 0 Å². The van der Waals surface area contributed by atoms with Gasteiger partial charge in [0.2, 0.25) is 0 Å². The number of methoxy groups -OCH3 is 1. The van der Waals surface area contributed by atoms with Gasteiger partial charge in [-0.1, -0.05) is 0 Å². The van der Waals surface area contributed by atoms with Crippen LogP contribution in [0.15, 0.2) is 5.10 Å². The number of hydrazone groups is 1. The van der Waals surface area contributed by atoms with Gasteiger partial charge in [-0.25, -0.2) is 5.01 Å². The number of nitrogens with zero attached hydrogens (tertiary/aromatic N) is 3. The molecule has 0 aromatic heterocycles. The molecule has 0 aromatic rings. The van der Waals surface area contributed by atoms with Crippen LogP contribution in [-0.4, -0.2) is 36.3 Å². The predicted molar refractivity (Wildman–Crippen MR) is 55.2 cm³/mol. The van der Waals surface area contributed by atoms with Crippen molar-refractivity contribution in [3.05, 3.63) is 0 Å². The van der Waals surface area contributed by atoms with Crippen molar-refractivity contribution in [2.45, 2.75) is 19.8 Å². The summed E-state index contributed by atoms with van der Waals surface area (Å²) in [6, 6.07) is 1.94. The van der Waals surface area contributed by atoms with Crippen molar-refractivity contribution in [2.75, 3.05) is 13.7 Å². The molecule has 16 heavy (non-hydrogen) atoms. The molecule has 0 fully saturated rings. The third-order valence-electron chi connectivity index (χ3n) is 2.37. The molecule has 1 aliphatic rings. The molecule has 1 unspecified atom stereocenters. The first-order chi connectivity index (χ1) is 7.60. The first-order valence-corrected chi connectivity index (χ1v) is 4.90. The van der Waals surface area contributed by atoms with E-state index in [-0.39, 0.29) is 25.3 Å². The zero-order valence-corrected chi connectivity index (χ0v) is 9.27. The van der Waals surface area contributed by atoms with Crippen molar-refractivity contribution in [1.29, 1.82) is 5.26 Å². The van der Waals surface area contributed by atoms with Gasteiger partial charge in [0.25, 0.3) is 5.91 Å². The Morgan fingerprint density at radius 1 is 1.69 bits per heavy atom. The molecule has 86 valence electrons. The number of hydrogen-bond donors (Lipinski definition) is 0. The average molecular weight is 223 g/mol. The van der Waals surface area contributed by atoms with Crippen molar-refractivity contribution >= 4 is 17.6 Å². The number of carbonyl (C=O) groups is 2. The molecule has 1 atom stereocenters. The lowest BCUT2D eigenvalue weighted by atomic mass is 10.0. The van der Waals surface area contributed by atoms with Crippen molar-refractivity contribution < 1.29 is 14.3 Å². The Morgan fingerprint density at radius 3 is 2.94 bits per heavy atom. The van der Waals surface area contributed by atoms with Crippen LogP contribution in [0, 0.1) is 17.2 Å². The molecular formula is C10H13N3O3. The van der Waals surface area contributed by atoms with Crippen molar-refractivity contribution in [3.63, 3.8) is 0 Å². The summed E-state index contributed by atoms with van der Waals surface area (Å²) in [7, 11) is 1.28. The van der Waals surface area contributed by atoms with Crippen LogP contribution in [0.25, 0.3) is 0 Å². The number of carbonyl (C=O) groups excluding carboxylic acids is 2. The van der Waals surface area contributed by atoms with Crippen LogP contribution in [0.5, 0.6) is 0 Å². The second-order valence-corrected chi connectivity index (χ2v) is 3.44. The maximum atomic E-state index is 11.8. The fourth-order valence-corrected chi connectivity index (χ4v) is 1.47. The predicted octanol–water partition coefficient (Wildman–Crippen LogP) is 0.297. The Bertz CT molecular complexity index is 370. The maximum Gasteiger partial charge on any atom is 0.306 e. The van der Waals surface area contributed by atoms with Crippen LogP contribution in [0.4, 0.5) is 0 Å². The molecule has 0 bridgehead atoms. The number of hydrogen-bond acceptors (Lipinski definition) is 5. The smallest absolute Gasteiger partial charge is 0.306 e. The molecule has 1 rings (SSSR count). The minimum Gasteiger partial charge on any atom is -0.469 e. The van der Waals surface area contributed by atoms with Gasteiger partial charge >= 0.3 is 5.97 Å². The van der Waals surface area contributed by atoms with Gasteiger partial charge in [-0.2, -0.15) is 10.4 Å². The minimum atomic E-state index is -0.536. The monoisotopic (exact) mass is 223 g/mol. The molecule has 6 heteroatoms. The summed E-state index contributed by atoms with van der Waals surface area (Å²) in [5.74, 6) is -1.21. The molecule has 0 aliphatic carbocycles. The molecule has 0 N–H and O–H groups in total. The maximum absolute atomic E-state index is 11.8. The first kappa shape index (κ1) is 12.2. The summed E-state index contributed by atoms with van der Waals surface area (Å²) in [4.78, 5) is 22.8. The van der Waals surface area contributed by atoms with Crippen molar-refractivity contribution in [2.24, 2.45) is 11.0 Å². The Kier molecular flexibility index (Phi) is 4.00. The van der Waals surface area contributed by atoms with E-state index in [4.69, 9.17) is 5.26 Å². The number of ether oxygens (including phenoxy) is 1. The summed E-state index contributed by atoms with van der Waals surface area (Å²) >= 11 is 0. The third-order valence-corrected chi connectivity index (χ3v) is 2.37.